The summed E-state index contributed by atoms with van der Waals surface area (Å²) in [5, 5.41) is 4.29. The van der Waals surface area contributed by atoms with Gasteiger partial charge in [-0.3, -0.25) is 9.48 Å². The van der Waals surface area contributed by atoms with Gasteiger partial charge in [-0.05, 0) is 36.4 Å². The topological polar surface area (TPSA) is 34.9 Å². The number of carbonyl (C=O) groups is 1. The van der Waals surface area contributed by atoms with Crippen molar-refractivity contribution in [1.29, 1.82) is 0 Å². The molecule has 14 heavy (non-hydrogen) atoms. The summed E-state index contributed by atoms with van der Waals surface area (Å²) in [5.74, 6) is 0.132. The van der Waals surface area contributed by atoms with Crippen molar-refractivity contribution in [2.75, 3.05) is 0 Å². The lowest BCUT2D eigenvalue weighted by Crippen LogP contribution is -2.11. The molecule has 0 aliphatic carbocycles. The molecule has 0 spiro atoms. The highest BCUT2D eigenvalue weighted by atomic mass is 127. The molecule has 3 nitrogen and oxygen atoms in total. The molecule has 0 saturated carbocycles. The largest absolute Gasteiger partial charge is 0.292 e. The molecule has 0 N–H and O–H groups in total. The van der Waals surface area contributed by atoms with Crippen LogP contribution < -0.4 is 0 Å². The van der Waals surface area contributed by atoms with Crippen LogP contribution in [0.4, 0.5) is 0 Å². The summed E-state index contributed by atoms with van der Waals surface area (Å²) >= 11 is 2.16. The van der Waals surface area contributed by atoms with Crippen molar-refractivity contribution in [3.63, 3.8) is 0 Å². The van der Waals surface area contributed by atoms with Gasteiger partial charge in [-0.2, -0.15) is 5.10 Å². The van der Waals surface area contributed by atoms with Gasteiger partial charge in [-0.15, -0.1) is 0 Å². The lowest BCUT2D eigenvalue weighted by molar-refractivity contribution is 0.0932. The van der Waals surface area contributed by atoms with E-state index >= 15 is 0 Å². The Labute approximate surface area is 98.0 Å². The number of hydrogen-bond donors (Lipinski definition) is 0. The molecule has 0 atom stereocenters. The maximum Gasteiger partial charge on any atom is 0.186 e. The van der Waals surface area contributed by atoms with Crippen LogP contribution >= 0.6 is 22.6 Å². The Balaban J connectivity index is 3.04. The van der Waals surface area contributed by atoms with Crippen molar-refractivity contribution in [2.24, 2.45) is 5.92 Å². The molecular formula is C10H15IN2O. The van der Waals surface area contributed by atoms with Gasteiger partial charge in [-0.25, -0.2) is 0 Å². The fourth-order valence-electron chi connectivity index (χ4n) is 1.07. The maximum atomic E-state index is 11.7. The van der Waals surface area contributed by atoms with Crippen LogP contribution in [-0.2, 0) is 0 Å². The summed E-state index contributed by atoms with van der Waals surface area (Å²) in [5.41, 5.74) is 0.606. The molecule has 0 fully saturated rings. The van der Waals surface area contributed by atoms with Crippen LogP contribution in [0.2, 0.25) is 0 Å². The molecule has 1 heterocycles. The number of aromatic nitrogens is 2. The Morgan fingerprint density at radius 3 is 2.36 bits per heavy atom. The van der Waals surface area contributed by atoms with Crippen LogP contribution in [0.1, 0.15) is 44.2 Å². The highest BCUT2D eigenvalue weighted by Gasteiger charge is 2.18. The first-order valence-corrected chi connectivity index (χ1v) is 5.80. The molecule has 0 saturated heterocycles. The zero-order valence-electron chi connectivity index (χ0n) is 8.91. The number of nitrogens with zero attached hydrogens (tertiary/aromatic N) is 2. The summed E-state index contributed by atoms with van der Waals surface area (Å²) in [6, 6.07) is 0.303. The second kappa shape index (κ2) is 4.42. The van der Waals surface area contributed by atoms with E-state index in [2.05, 4.69) is 27.7 Å². The smallest absolute Gasteiger partial charge is 0.186 e. The SMILES string of the molecule is CC(C)C(=O)c1nn(C(C)C)cc1I. The summed E-state index contributed by atoms with van der Waals surface area (Å²) in [6.45, 7) is 7.89. The molecule has 0 unspecified atom stereocenters. The third kappa shape index (κ3) is 2.34. The Morgan fingerprint density at radius 2 is 2.00 bits per heavy atom. The number of carbonyl (C=O) groups excluding carboxylic acids is 1. The second-order valence-corrected chi connectivity index (χ2v) is 5.08. The minimum absolute atomic E-state index is 0.0130. The summed E-state index contributed by atoms with van der Waals surface area (Å²) < 4.78 is 2.77. The van der Waals surface area contributed by atoms with Gasteiger partial charge in [0.25, 0.3) is 0 Å². The molecule has 78 valence electrons. The van der Waals surface area contributed by atoms with E-state index < -0.39 is 0 Å². The van der Waals surface area contributed by atoms with Crippen LogP contribution in [-0.4, -0.2) is 15.6 Å². The maximum absolute atomic E-state index is 11.7. The fraction of sp³-hybridized carbons (Fsp3) is 0.600. The molecule has 0 aromatic carbocycles. The molecule has 4 heteroatoms. The zero-order valence-corrected chi connectivity index (χ0v) is 11.1. The first kappa shape index (κ1) is 11.7. The van der Waals surface area contributed by atoms with Gasteiger partial charge in [0.15, 0.2) is 5.78 Å². The first-order chi connectivity index (χ1) is 6.43. The second-order valence-electron chi connectivity index (χ2n) is 3.92. The van der Waals surface area contributed by atoms with Gasteiger partial charge in [0.1, 0.15) is 5.69 Å². The number of hydrogen-bond acceptors (Lipinski definition) is 2. The fourth-order valence-corrected chi connectivity index (χ4v) is 1.73. The molecule has 0 aliphatic heterocycles. The standard InChI is InChI=1S/C10H15IN2O/c1-6(2)10(14)9-8(11)5-13(12-9)7(3)4/h5-7H,1-4H3. The molecule has 1 aromatic rings. The summed E-state index contributed by atoms with van der Waals surface area (Å²) in [6.07, 6.45) is 1.92. The summed E-state index contributed by atoms with van der Waals surface area (Å²) in [7, 11) is 0. The van der Waals surface area contributed by atoms with E-state index in [-0.39, 0.29) is 11.7 Å². The van der Waals surface area contributed by atoms with Gasteiger partial charge < -0.3 is 0 Å². The van der Waals surface area contributed by atoms with Gasteiger partial charge in [0.05, 0.1) is 3.57 Å². The van der Waals surface area contributed by atoms with Gasteiger partial charge >= 0.3 is 0 Å². The highest BCUT2D eigenvalue weighted by Crippen LogP contribution is 2.16. The minimum Gasteiger partial charge on any atom is -0.292 e. The van der Waals surface area contributed by atoms with Crippen molar-refractivity contribution >= 4 is 28.4 Å². The predicted molar refractivity (Wildman–Crippen MR) is 64.5 cm³/mol. The van der Waals surface area contributed by atoms with Crippen molar-refractivity contribution in [3.8, 4) is 0 Å². The molecular weight excluding hydrogens is 291 g/mol. The monoisotopic (exact) mass is 306 g/mol. The Hall–Kier alpha value is -0.390. The average molecular weight is 306 g/mol. The number of Topliss-reactive ketones (excluding diaryl/α,β-unsaturated/α-hetero) is 1. The molecule has 0 radical (unpaired) electrons. The van der Waals surface area contributed by atoms with E-state index in [9.17, 15) is 4.79 Å². The first-order valence-electron chi connectivity index (χ1n) is 4.72. The molecule has 1 aromatic heterocycles. The van der Waals surface area contributed by atoms with Crippen LogP contribution in [0.15, 0.2) is 6.20 Å². The van der Waals surface area contributed by atoms with Crippen LogP contribution in [0.3, 0.4) is 0 Å². The van der Waals surface area contributed by atoms with Gasteiger partial charge in [0, 0.05) is 18.2 Å². The van der Waals surface area contributed by atoms with Crippen molar-refractivity contribution in [2.45, 2.75) is 33.7 Å². The van der Waals surface area contributed by atoms with Crippen molar-refractivity contribution in [3.05, 3.63) is 15.5 Å². The Morgan fingerprint density at radius 1 is 1.43 bits per heavy atom. The van der Waals surface area contributed by atoms with Gasteiger partial charge in [-0.1, -0.05) is 13.8 Å². The molecule has 0 amide bonds. The summed E-state index contributed by atoms with van der Waals surface area (Å²) in [4.78, 5) is 11.7. The van der Waals surface area contributed by atoms with E-state index in [1.54, 1.807) is 0 Å². The van der Waals surface area contributed by atoms with E-state index in [1.165, 1.54) is 0 Å². The van der Waals surface area contributed by atoms with E-state index in [0.717, 1.165) is 3.57 Å². The van der Waals surface area contributed by atoms with E-state index in [1.807, 2.05) is 38.6 Å². The molecule has 1 rings (SSSR count). The number of halogens is 1. The van der Waals surface area contributed by atoms with E-state index in [4.69, 9.17) is 0 Å². The van der Waals surface area contributed by atoms with E-state index in [0.29, 0.717) is 11.7 Å². The minimum atomic E-state index is 0.0130. The predicted octanol–water partition coefficient (Wildman–Crippen LogP) is 2.91. The average Bonchev–Trinajstić information content (AvgIpc) is 2.46. The zero-order chi connectivity index (χ0) is 10.9. The third-order valence-corrected chi connectivity index (χ3v) is 2.76. The lowest BCUT2D eigenvalue weighted by atomic mass is 10.1. The molecule has 0 aliphatic rings. The normalized spacial score (nSPS) is 11.4. The third-order valence-electron chi connectivity index (χ3n) is 1.97. The Kier molecular flexibility index (Phi) is 3.69. The number of rotatable bonds is 3. The number of ketones is 1. The molecule has 0 bridgehead atoms. The highest BCUT2D eigenvalue weighted by molar-refractivity contribution is 14.1. The Bertz CT molecular complexity index is 342. The van der Waals surface area contributed by atoms with Crippen LogP contribution in [0, 0.1) is 9.49 Å². The van der Waals surface area contributed by atoms with Gasteiger partial charge in [0.2, 0.25) is 0 Å². The van der Waals surface area contributed by atoms with Crippen molar-refractivity contribution in [1.82, 2.24) is 9.78 Å². The quantitative estimate of drug-likeness (QED) is 0.636. The van der Waals surface area contributed by atoms with Crippen LogP contribution in [0.5, 0.6) is 0 Å². The van der Waals surface area contributed by atoms with Crippen molar-refractivity contribution < 1.29 is 4.79 Å². The van der Waals surface area contributed by atoms with Crippen LogP contribution in [0.25, 0.3) is 0 Å². The lowest BCUT2D eigenvalue weighted by Gasteiger charge is -2.04.